The van der Waals surface area contributed by atoms with Crippen LogP contribution in [0, 0.1) is 0 Å². The molecule has 9 nitrogen and oxygen atoms in total. The van der Waals surface area contributed by atoms with E-state index in [-0.39, 0.29) is 22.7 Å². The monoisotopic (exact) mass is 393 g/mol. The lowest BCUT2D eigenvalue weighted by atomic mass is 9.95. The molecule has 0 aliphatic heterocycles. The lowest BCUT2D eigenvalue weighted by Crippen LogP contribution is -2.50. The molecule has 0 atom stereocenters. The van der Waals surface area contributed by atoms with E-state index in [1.54, 1.807) is 29.1 Å². The molecule has 1 aromatic carbocycles. The Morgan fingerprint density at radius 3 is 2.78 bits per heavy atom. The maximum Gasteiger partial charge on any atom is 0.266 e. The molecule has 0 unspecified atom stereocenters. The van der Waals surface area contributed by atoms with Crippen LogP contribution in [0.15, 0.2) is 27.8 Å². The minimum absolute atomic E-state index is 0.0499. The molecule has 1 saturated carbocycles. The number of hydrogen-bond donors (Lipinski definition) is 3. The topological polar surface area (TPSA) is 130 Å². The summed E-state index contributed by atoms with van der Waals surface area (Å²) in [6, 6.07) is 4.97. The predicted molar refractivity (Wildman–Crippen MR) is 104 cm³/mol. The van der Waals surface area contributed by atoms with Crippen LogP contribution in [0.4, 0.5) is 5.95 Å². The highest BCUT2D eigenvalue weighted by Crippen LogP contribution is 2.29. The highest BCUT2D eigenvalue weighted by Gasteiger charge is 2.23. The zero-order valence-corrected chi connectivity index (χ0v) is 15.9. The van der Waals surface area contributed by atoms with E-state index >= 15 is 0 Å². The molecule has 0 saturated heterocycles. The van der Waals surface area contributed by atoms with Crippen LogP contribution in [0.3, 0.4) is 0 Å². The van der Waals surface area contributed by atoms with Gasteiger partial charge in [-0.05, 0) is 36.2 Å². The number of amidine groups is 1. The third-order valence-corrected chi connectivity index (χ3v) is 5.06. The van der Waals surface area contributed by atoms with E-state index in [9.17, 15) is 5.11 Å². The molecule has 0 radical (unpaired) electrons. The molecule has 27 heavy (non-hydrogen) atoms. The van der Waals surface area contributed by atoms with Gasteiger partial charge in [0, 0.05) is 18.7 Å². The maximum absolute atomic E-state index is 9.73. The molecular formula is C17H24ClN7O2. The number of phenolic OH excluding ortho intramolecular Hbond substituents is 1. The van der Waals surface area contributed by atoms with Gasteiger partial charge in [-0.15, -0.1) is 0 Å². The summed E-state index contributed by atoms with van der Waals surface area (Å²) in [7, 11) is 1.80. The van der Waals surface area contributed by atoms with E-state index in [4.69, 9.17) is 27.8 Å². The molecule has 1 aromatic heterocycles. The summed E-state index contributed by atoms with van der Waals surface area (Å²) in [5.74, 6) is 13.0. The number of hydrazone groups is 1. The van der Waals surface area contributed by atoms with Crippen LogP contribution < -0.4 is 16.6 Å². The molecule has 1 aliphatic rings. The molecule has 146 valence electrons. The number of likely N-dealkylation sites (N-methyl/N-ethyl adjacent to an activating group) is 1. The van der Waals surface area contributed by atoms with Crippen LogP contribution in [0.25, 0.3) is 11.5 Å². The minimum Gasteiger partial charge on any atom is -0.506 e. The first-order chi connectivity index (χ1) is 13.0. The van der Waals surface area contributed by atoms with Gasteiger partial charge in [-0.2, -0.15) is 10.1 Å². The maximum atomic E-state index is 9.73. The molecule has 10 heteroatoms. The molecular weight excluding hydrogens is 370 g/mol. The average Bonchev–Trinajstić information content (AvgIpc) is 3.18. The standard InChI is InChI=1S/C17H24ClN7O2/c1-24(10-15(22-19)25(20)12-5-3-2-4-6-12)17-21-16(27-23-17)11-7-8-13(18)14(26)9-11/h7-9,12,26H,2-6,10,19-20H2,1H3/b22-15-. The zero-order valence-electron chi connectivity index (χ0n) is 15.2. The first-order valence-electron chi connectivity index (χ1n) is 8.84. The van der Waals surface area contributed by atoms with Crippen molar-refractivity contribution in [1.29, 1.82) is 0 Å². The number of phenols is 1. The fraction of sp³-hybridized carbons (Fsp3) is 0.471. The summed E-state index contributed by atoms with van der Waals surface area (Å²) in [5, 5.41) is 19.5. The molecule has 0 amide bonds. The fourth-order valence-corrected chi connectivity index (χ4v) is 3.29. The SMILES string of the molecule is CN(C/C(=N/N)N(N)C1CCCCC1)c1noc(-c2ccc(Cl)c(O)c2)n1. The normalized spacial score (nSPS) is 15.7. The highest BCUT2D eigenvalue weighted by atomic mass is 35.5. The zero-order chi connectivity index (χ0) is 19.4. The quantitative estimate of drug-likeness (QED) is 0.305. The Morgan fingerprint density at radius 2 is 2.11 bits per heavy atom. The van der Waals surface area contributed by atoms with Crippen LogP contribution >= 0.6 is 11.6 Å². The van der Waals surface area contributed by atoms with Gasteiger partial charge < -0.3 is 20.4 Å². The number of rotatable bonds is 5. The molecule has 2 aromatic rings. The molecule has 1 fully saturated rings. The summed E-state index contributed by atoms with van der Waals surface area (Å²) in [6.45, 7) is 0.342. The summed E-state index contributed by atoms with van der Waals surface area (Å²) in [4.78, 5) is 6.10. The van der Waals surface area contributed by atoms with Gasteiger partial charge in [-0.25, -0.2) is 5.84 Å². The van der Waals surface area contributed by atoms with Crippen molar-refractivity contribution >= 4 is 23.4 Å². The number of aromatic nitrogens is 2. The van der Waals surface area contributed by atoms with E-state index in [0.29, 0.717) is 23.9 Å². The Hall–Kier alpha value is -2.52. The van der Waals surface area contributed by atoms with Crippen molar-refractivity contribution in [2.24, 2.45) is 16.8 Å². The van der Waals surface area contributed by atoms with Crippen molar-refractivity contribution in [3.63, 3.8) is 0 Å². The number of aromatic hydroxyl groups is 1. The number of nitrogens with zero attached hydrogens (tertiary/aromatic N) is 5. The number of hydrazine groups is 1. The minimum atomic E-state index is -0.0499. The fourth-order valence-electron chi connectivity index (χ4n) is 3.18. The number of anilines is 1. The lowest BCUT2D eigenvalue weighted by Gasteiger charge is -2.33. The molecule has 0 spiro atoms. The molecule has 1 heterocycles. The second kappa shape index (κ2) is 8.45. The van der Waals surface area contributed by atoms with E-state index in [1.807, 2.05) is 0 Å². The third kappa shape index (κ3) is 4.42. The number of hydrogen-bond acceptors (Lipinski definition) is 8. The Morgan fingerprint density at radius 1 is 1.37 bits per heavy atom. The summed E-state index contributed by atoms with van der Waals surface area (Å²) in [5.41, 5.74) is 0.569. The Balaban J connectivity index is 1.69. The van der Waals surface area contributed by atoms with E-state index < -0.39 is 0 Å². The first-order valence-corrected chi connectivity index (χ1v) is 9.22. The molecule has 5 N–H and O–H groups in total. The van der Waals surface area contributed by atoms with Crippen LogP contribution in [-0.2, 0) is 0 Å². The summed E-state index contributed by atoms with van der Waals surface area (Å²) in [6.07, 6.45) is 5.63. The number of nitrogens with two attached hydrogens (primary N) is 2. The van der Waals surface area contributed by atoms with Gasteiger partial charge in [0.2, 0.25) is 0 Å². The van der Waals surface area contributed by atoms with Gasteiger partial charge in [0.05, 0.1) is 11.6 Å². The van der Waals surface area contributed by atoms with Gasteiger partial charge in [-0.1, -0.05) is 30.9 Å². The molecule has 3 rings (SSSR count). The van der Waals surface area contributed by atoms with Gasteiger partial charge >= 0.3 is 0 Å². The highest BCUT2D eigenvalue weighted by molar-refractivity contribution is 6.32. The van der Waals surface area contributed by atoms with Crippen LogP contribution in [0.5, 0.6) is 5.75 Å². The van der Waals surface area contributed by atoms with E-state index in [1.165, 1.54) is 12.5 Å². The lowest BCUT2D eigenvalue weighted by molar-refractivity contribution is 0.245. The smallest absolute Gasteiger partial charge is 0.266 e. The van der Waals surface area contributed by atoms with Crippen molar-refractivity contribution < 1.29 is 9.63 Å². The predicted octanol–water partition coefficient (Wildman–Crippen LogP) is 2.31. The van der Waals surface area contributed by atoms with Gasteiger partial charge in [0.1, 0.15) is 5.75 Å². The van der Waals surface area contributed by atoms with Crippen molar-refractivity contribution in [2.45, 2.75) is 38.1 Å². The van der Waals surface area contributed by atoms with Crippen LogP contribution in [0.1, 0.15) is 32.1 Å². The molecule has 0 bridgehead atoms. The van der Waals surface area contributed by atoms with Crippen molar-refractivity contribution in [3.8, 4) is 17.2 Å². The van der Waals surface area contributed by atoms with Crippen LogP contribution in [-0.4, -0.2) is 45.7 Å². The van der Waals surface area contributed by atoms with E-state index in [2.05, 4.69) is 15.2 Å². The second-order valence-corrected chi connectivity index (χ2v) is 7.07. The van der Waals surface area contributed by atoms with Gasteiger partial charge in [0.25, 0.3) is 11.8 Å². The first kappa shape index (κ1) is 19.2. The van der Waals surface area contributed by atoms with Crippen LogP contribution in [0.2, 0.25) is 5.02 Å². The Labute approximate surface area is 162 Å². The van der Waals surface area contributed by atoms with Gasteiger partial charge in [-0.3, -0.25) is 5.01 Å². The number of halogens is 1. The van der Waals surface area contributed by atoms with Crippen molar-refractivity contribution in [1.82, 2.24) is 15.1 Å². The summed E-state index contributed by atoms with van der Waals surface area (Å²) >= 11 is 5.82. The summed E-state index contributed by atoms with van der Waals surface area (Å²) < 4.78 is 5.29. The third-order valence-electron chi connectivity index (χ3n) is 4.74. The molecule has 1 aliphatic carbocycles. The second-order valence-electron chi connectivity index (χ2n) is 6.67. The van der Waals surface area contributed by atoms with Crippen molar-refractivity contribution in [2.75, 3.05) is 18.5 Å². The Bertz CT molecular complexity index is 804. The average molecular weight is 394 g/mol. The van der Waals surface area contributed by atoms with E-state index in [0.717, 1.165) is 25.7 Å². The number of benzene rings is 1. The van der Waals surface area contributed by atoms with Gasteiger partial charge in [0.15, 0.2) is 5.84 Å². The van der Waals surface area contributed by atoms with Crippen molar-refractivity contribution in [3.05, 3.63) is 23.2 Å². The Kier molecular flexibility index (Phi) is 6.02. The largest absolute Gasteiger partial charge is 0.506 e.